The first-order valence-corrected chi connectivity index (χ1v) is 6.65. The molecule has 2 rings (SSSR count). The van der Waals surface area contributed by atoms with Crippen LogP contribution in [-0.2, 0) is 5.75 Å². The van der Waals surface area contributed by atoms with Crippen LogP contribution < -0.4 is 10.5 Å². The third-order valence-corrected chi connectivity index (χ3v) is 3.77. The fraction of sp³-hybridized carbons (Fsp3) is 0.214. The number of benzene rings is 1. The van der Waals surface area contributed by atoms with Gasteiger partial charge in [0.1, 0.15) is 5.75 Å². The van der Waals surface area contributed by atoms with E-state index >= 15 is 0 Å². The molecule has 0 aliphatic carbocycles. The molecule has 18 heavy (non-hydrogen) atoms. The van der Waals surface area contributed by atoms with Gasteiger partial charge in [-0.05, 0) is 19.1 Å². The van der Waals surface area contributed by atoms with Crippen molar-refractivity contribution in [2.75, 3.05) is 12.8 Å². The summed E-state index contributed by atoms with van der Waals surface area (Å²) in [7, 11) is 1.69. The molecular weight excluding hydrogens is 244 g/mol. The Kier molecular flexibility index (Phi) is 4.10. The first-order chi connectivity index (χ1) is 8.70. The summed E-state index contributed by atoms with van der Waals surface area (Å²) < 4.78 is 5.36. The lowest BCUT2D eigenvalue weighted by Crippen LogP contribution is -1.93. The standard InChI is InChI=1S/C14H16N2OS/c1-10-3-4-13(17-2)11(7-10)9-18-14-5-6-16-8-12(14)15/h3-8H,9,15H2,1-2H3. The second-order valence-electron chi connectivity index (χ2n) is 4.02. The molecule has 0 saturated heterocycles. The van der Waals surface area contributed by atoms with E-state index in [4.69, 9.17) is 10.5 Å². The third-order valence-electron chi connectivity index (χ3n) is 2.63. The highest BCUT2D eigenvalue weighted by molar-refractivity contribution is 7.98. The molecule has 94 valence electrons. The molecule has 0 amide bonds. The van der Waals surface area contributed by atoms with E-state index in [1.807, 2.05) is 18.2 Å². The molecule has 0 spiro atoms. The van der Waals surface area contributed by atoms with Crippen LogP contribution >= 0.6 is 11.8 Å². The topological polar surface area (TPSA) is 48.1 Å². The molecule has 0 aliphatic heterocycles. The van der Waals surface area contributed by atoms with E-state index in [1.54, 1.807) is 31.3 Å². The quantitative estimate of drug-likeness (QED) is 0.857. The summed E-state index contributed by atoms with van der Waals surface area (Å²) in [6.07, 6.45) is 3.43. The number of anilines is 1. The molecule has 0 fully saturated rings. The minimum absolute atomic E-state index is 0.717. The smallest absolute Gasteiger partial charge is 0.122 e. The van der Waals surface area contributed by atoms with Crippen molar-refractivity contribution in [3.63, 3.8) is 0 Å². The van der Waals surface area contributed by atoms with Gasteiger partial charge in [0.15, 0.2) is 0 Å². The van der Waals surface area contributed by atoms with E-state index in [0.717, 1.165) is 16.4 Å². The van der Waals surface area contributed by atoms with Gasteiger partial charge in [-0.3, -0.25) is 4.98 Å². The summed E-state index contributed by atoms with van der Waals surface area (Å²) in [6, 6.07) is 8.13. The molecule has 1 aromatic heterocycles. The van der Waals surface area contributed by atoms with Crippen LogP contribution in [0.3, 0.4) is 0 Å². The molecule has 1 heterocycles. The Morgan fingerprint density at radius 1 is 1.33 bits per heavy atom. The molecule has 1 aromatic carbocycles. The largest absolute Gasteiger partial charge is 0.496 e. The Morgan fingerprint density at radius 3 is 2.89 bits per heavy atom. The lowest BCUT2D eigenvalue weighted by molar-refractivity contribution is 0.411. The van der Waals surface area contributed by atoms with Crippen LogP contribution in [0, 0.1) is 6.92 Å². The summed E-state index contributed by atoms with van der Waals surface area (Å²) in [4.78, 5) is 5.03. The predicted octanol–water partition coefficient (Wildman–Crippen LogP) is 3.27. The molecule has 0 bridgehead atoms. The zero-order chi connectivity index (χ0) is 13.0. The molecule has 0 unspecified atom stereocenters. The monoisotopic (exact) mass is 260 g/mol. The van der Waals surface area contributed by atoms with E-state index in [9.17, 15) is 0 Å². The molecule has 0 atom stereocenters. The van der Waals surface area contributed by atoms with Gasteiger partial charge in [0, 0.05) is 22.4 Å². The Bertz CT molecular complexity index is 543. The zero-order valence-electron chi connectivity index (χ0n) is 10.5. The number of hydrogen-bond donors (Lipinski definition) is 1. The van der Waals surface area contributed by atoms with Crippen LogP contribution in [0.2, 0.25) is 0 Å². The molecular formula is C14H16N2OS. The summed E-state index contributed by atoms with van der Waals surface area (Å²) in [5.41, 5.74) is 9.00. The zero-order valence-corrected chi connectivity index (χ0v) is 11.3. The first kappa shape index (κ1) is 12.8. The number of nitrogen functional groups attached to an aromatic ring is 1. The maximum Gasteiger partial charge on any atom is 0.122 e. The number of nitrogens with zero attached hydrogens (tertiary/aromatic N) is 1. The maximum absolute atomic E-state index is 5.87. The normalized spacial score (nSPS) is 10.3. The highest BCUT2D eigenvalue weighted by atomic mass is 32.2. The van der Waals surface area contributed by atoms with Crippen LogP contribution in [0.15, 0.2) is 41.6 Å². The van der Waals surface area contributed by atoms with Crippen LogP contribution in [-0.4, -0.2) is 12.1 Å². The van der Waals surface area contributed by atoms with Gasteiger partial charge in [-0.2, -0.15) is 0 Å². The van der Waals surface area contributed by atoms with Gasteiger partial charge >= 0.3 is 0 Å². The molecule has 2 aromatic rings. The molecule has 0 radical (unpaired) electrons. The lowest BCUT2D eigenvalue weighted by Gasteiger charge is -2.10. The average Bonchev–Trinajstić information content (AvgIpc) is 2.38. The number of thioether (sulfide) groups is 1. The fourth-order valence-corrected chi connectivity index (χ4v) is 2.61. The van der Waals surface area contributed by atoms with Crippen LogP contribution in [0.4, 0.5) is 5.69 Å². The van der Waals surface area contributed by atoms with Crippen molar-refractivity contribution in [1.82, 2.24) is 4.98 Å². The highest BCUT2D eigenvalue weighted by Gasteiger charge is 2.05. The van der Waals surface area contributed by atoms with E-state index in [1.165, 1.54) is 11.1 Å². The molecule has 3 nitrogen and oxygen atoms in total. The number of pyridine rings is 1. The molecule has 4 heteroatoms. The second kappa shape index (κ2) is 5.78. The van der Waals surface area contributed by atoms with Gasteiger partial charge in [0.05, 0.1) is 19.0 Å². The number of nitrogens with two attached hydrogens (primary N) is 1. The fourth-order valence-electron chi connectivity index (χ4n) is 1.70. The summed E-state index contributed by atoms with van der Waals surface area (Å²) in [5, 5.41) is 0. The number of methoxy groups -OCH3 is 1. The van der Waals surface area contributed by atoms with E-state index in [0.29, 0.717) is 5.69 Å². The number of aromatic nitrogens is 1. The second-order valence-corrected chi connectivity index (χ2v) is 5.03. The van der Waals surface area contributed by atoms with Crippen molar-refractivity contribution in [3.8, 4) is 5.75 Å². The number of rotatable bonds is 4. The summed E-state index contributed by atoms with van der Waals surface area (Å²) >= 11 is 1.69. The van der Waals surface area contributed by atoms with Gasteiger partial charge in [-0.1, -0.05) is 17.7 Å². The highest BCUT2D eigenvalue weighted by Crippen LogP contribution is 2.31. The first-order valence-electron chi connectivity index (χ1n) is 5.66. The van der Waals surface area contributed by atoms with Crippen LogP contribution in [0.5, 0.6) is 5.75 Å². The van der Waals surface area contributed by atoms with Gasteiger partial charge in [0.25, 0.3) is 0 Å². The Morgan fingerprint density at radius 2 is 2.17 bits per heavy atom. The van der Waals surface area contributed by atoms with Crippen molar-refractivity contribution in [2.24, 2.45) is 0 Å². The van der Waals surface area contributed by atoms with Crippen molar-refractivity contribution in [3.05, 3.63) is 47.8 Å². The van der Waals surface area contributed by atoms with Crippen molar-refractivity contribution in [1.29, 1.82) is 0 Å². The average molecular weight is 260 g/mol. The lowest BCUT2D eigenvalue weighted by atomic mass is 10.1. The van der Waals surface area contributed by atoms with E-state index in [-0.39, 0.29) is 0 Å². The van der Waals surface area contributed by atoms with Crippen molar-refractivity contribution >= 4 is 17.4 Å². The van der Waals surface area contributed by atoms with E-state index < -0.39 is 0 Å². The van der Waals surface area contributed by atoms with Gasteiger partial charge in [-0.25, -0.2) is 0 Å². The van der Waals surface area contributed by atoms with Gasteiger partial charge in [0.2, 0.25) is 0 Å². The van der Waals surface area contributed by atoms with Crippen molar-refractivity contribution in [2.45, 2.75) is 17.6 Å². The number of ether oxygens (including phenoxy) is 1. The van der Waals surface area contributed by atoms with Crippen molar-refractivity contribution < 1.29 is 4.74 Å². The van der Waals surface area contributed by atoms with Crippen LogP contribution in [0.1, 0.15) is 11.1 Å². The van der Waals surface area contributed by atoms with Crippen LogP contribution in [0.25, 0.3) is 0 Å². The molecule has 2 N–H and O–H groups in total. The Hall–Kier alpha value is -1.68. The van der Waals surface area contributed by atoms with Gasteiger partial charge in [-0.15, -0.1) is 11.8 Å². The SMILES string of the molecule is COc1ccc(C)cc1CSc1ccncc1N. The Labute approximate surface area is 111 Å². The molecule has 0 saturated carbocycles. The maximum atomic E-state index is 5.87. The minimum atomic E-state index is 0.717. The summed E-state index contributed by atoms with van der Waals surface area (Å²) in [5.74, 6) is 1.75. The third kappa shape index (κ3) is 2.96. The molecule has 0 aliphatic rings. The predicted molar refractivity (Wildman–Crippen MR) is 75.9 cm³/mol. The van der Waals surface area contributed by atoms with E-state index in [2.05, 4.69) is 18.0 Å². The minimum Gasteiger partial charge on any atom is -0.496 e. The van der Waals surface area contributed by atoms with Gasteiger partial charge < -0.3 is 10.5 Å². The number of hydrogen-bond acceptors (Lipinski definition) is 4. The number of aryl methyl sites for hydroxylation is 1. The Balaban J connectivity index is 2.15. The summed E-state index contributed by atoms with van der Waals surface area (Å²) in [6.45, 7) is 2.08.